The Kier molecular flexibility index (Phi) is 4.03. The number of aromatic nitrogens is 1. The van der Waals surface area contributed by atoms with Gasteiger partial charge in [0.15, 0.2) is 0 Å². The SMILES string of the molecule is CCn1ccc2cc(OCc3ccc(C(F)(F)F)cc3)ccc21. The van der Waals surface area contributed by atoms with E-state index in [0.717, 1.165) is 29.6 Å². The standard InChI is InChI=1S/C18H16F3NO/c1-2-22-10-9-14-11-16(7-8-17(14)22)23-12-13-3-5-15(6-4-13)18(19,20)21/h3-11H,2,12H2,1H3. The lowest BCUT2D eigenvalue weighted by Crippen LogP contribution is -2.05. The van der Waals surface area contributed by atoms with Crippen LogP contribution in [0.1, 0.15) is 18.1 Å². The summed E-state index contributed by atoms with van der Waals surface area (Å²) in [5.74, 6) is 0.700. The first-order chi connectivity index (χ1) is 11.0. The molecule has 0 saturated heterocycles. The maximum absolute atomic E-state index is 12.5. The molecule has 0 aliphatic heterocycles. The largest absolute Gasteiger partial charge is 0.489 e. The van der Waals surface area contributed by atoms with E-state index in [0.29, 0.717) is 11.3 Å². The first-order valence-electron chi connectivity index (χ1n) is 7.35. The summed E-state index contributed by atoms with van der Waals surface area (Å²) >= 11 is 0. The van der Waals surface area contributed by atoms with E-state index in [-0.39, 0.29) is 6.61 Å². The Hall–Kier alpha value is -2.43. The molecule has 23 heavy (non-hydrogen) atoms. The topological polar surface area (TPSA) is 14.2 Å². The van der Waals surface area contributed by atoms with Crippen molar-refractivity contribution in [1.29, 1.82) is 0 Å². The van der Waals surface area contributed by atoms with Gasteiger partial charge in [-0.3, -0.25) is 0 Å². The van der Waals surface area contributed by atoms with Crippen LogP contribution in [0.3, 0.4) is 0 Å². The van der Waals surface area contributed by atoms with Gasteiger partial charge in [-0.2, -0.15) is 13.2 Å². The molecule has 0 N–H and O–H groups in total. The summed E-state index contributed by atoms with van der Waals surface area (Å²) in [5.41, 5.74) is 1.18. The van der Waals surface area contributed by atoms with E-state index >= 15 is 0 Å². The molecule has 0 unspecified atom stereocenters. The van der Waals surface area contributed by atoms with E-state index in [1.54, 1.807) is 0 Å². The summed E-state index contributed by atoms with van der Waals surface area (Å²) in [6, 6.07) is 12.8. The van der Waals surface area contributed by atoms with E-state index < -0.39 is 11.7 Å². The van der Waals surface area contributed by atoms with Crippen LogP contribution >= 0.6 is 0 Å². The average Bonchev–Trinajstić information content (AvgIpc) is 2.94. The van der Waals surface area contributed by atoms with Gasteiger partial charge in [0.1, 0.15) is 12.4 Å². The van der Waals surface area contributed by atoms with E-state index in [2.05, 4.69) is 11.5 Å². The minimum atomic E-state index is -4.31. The van der Waals surface area contributed by atoms with Crippen LogP contribution in [-0.2, 0) is 19.3 Å². The molecule has 0 saturated carbocycles. The molecule has 1 aromatic heterocycles. The van der Waals surface area contributed by atoms with Gasteiger partial charge in [0.05, 0.1) is 5.56 Å². The predicted octanol–water partition coefficient (Wildman–Crippen LogP) is 5.26. The van der Waals surface area contributed by atoms with Gasteiger partial charge in [0.2, 0.25) is 0 Å². The van der Waals surface area contributed by atoms with Gasteiger partial charge < -0.3 is 9.30 Å². The Morgan fingerprint density at radius 3 is 2.39 bits per heavy atom. The van der Waals surface area contributed by atoms with Crippen LogP contribution in [0.15, 0.2) is 54.7 Å². The highest BCUT2D eigenvalue weighted by Gasteiger charge is 2.29. The average molecular weight is 319 g/mol. The first-order valence-corrected chi connectivity index (χ1v) is 7.35. The molecular formula is C18H16F3NO. The lowest BCUT2D eigenvalue weighted by molar-refractivity contribution is -0.137. The molecule has 3 aromatic rings. The third-order valence-electron chi connectivity index (χ3n) is 3.77. The minimum absolute atomic E-state index is 0.234. The van der Waals surface area contributed by atoms with Crippen molar-refractivity contribution < 1.29 is 17.9 Å². The van der Waals surface area contributed by atoms with Crippen LogP contribution < -0.4 is 4.74 Å². The molecule has 1 heterocycles. The van der Waals surface area contributed by atoms with Gasteiger partial charge in [-0.25, -0.2) is 0 Å². The van der Waals surface area contributed by atoms with E-state index in [1.807, 2.05) is 30.5 Å². The van der Waals surface area contributed by atoms with Gasteiger partial charge in [0.25, 0.3) is 0 Å². The quantitative estimate of drug-likeness (QED) is 0.640. The highest BCUT2D eigenvalue weighted by Crippen LogP contribution is 2.29. The van der Waals surface area contributed by atoms with Crippen molar-refractivity contribution in [3.05, 3.63) is 65.9 Å². The minimum Gasteiger partial charge on any atom is -0.489 e. The second-order valence-electron chi connectivity index (χ2n) is 5.31. The summed E-state index contributed by atoms with van der Waals surface area (Å²) in [5, 5.41) is 1.08. The van der Waals surface area contributed by atoms with E-state index in [9.17, 15) is 13.2 Å². The summed E-state index contributed by atoms with van der Waals surface area (Å²) in [7, 11) is 0. The number of benzene rings is 2. The van der Waals surface area contributed by atoms with Crippen molar-refractivity contribution >= 4 is 10.9 Å². The lowest BCUT2D eigenvalue weighted by Gasteiger charge is -2.09. The zero-order valence-electron chi connectivity index (χ0n) is 12.6. The Balaban J connectivity index is 1.70. The molecular weight excluding hydrogens is 303 g/mol. The first kappa shape index (κ1) is 15.5. The van der Waals surface area contributed by atoms with E-state index in [4.69, 9.17) is 4.74 Å². The van der Waals surface area contributed by atoms with Crippen molar-refractivity contribution in [3.63, 3.8) is 0 Å². The number of rotatable bonds is 4. The van der Waals surface area contributed by atoms with Gasteiger partial charge in [-0.15, -0.1) is 0 Å². The Morgan fingerprint density at radius 2 is 1.74 bits per heavy atom. The number of halogens is 3. The third kappa shape index (κ3) is 3.33. The number of hydrogen-bond donors (Lipinski definition) is 0. The summed E-state index contributed by atoms with van der Waals surface area (Å²) in [6.45, 7) is 3.21. The van der Waals surface area contributed by atoms with Crippen LogP contribution in [0, 0.1) is 0 Å². The number of ether oxygens (including phenoxy) is 1. The smallest absolute Gasteiger partial charge is 0.416 e. The second-order valence-corrected chi connectivity index (χ2v) is 5.31. The highest BCUT2D eigenvalue weighted by atomic mass is 19.4. The maximum Gasteiger partial charge on any atom is 0.416 e. The molecule has 0 bridgehead atoms. The Morgan fingerprint density at radius 1 is 1.00 bits per heavy atom. The fourth-order valence-electron chi connectivity index (χ4n) is 2.50. The van der Waals surface area contributed by atoms with Crippen molar-refractivity contribution in [2.75, 3.05) is 0 Å². The number of nitrogens with zero attached hydrogens (tertiary/aromatic N) is 1. The summed E-state index contributed by atoms with van der Waals surface area (Å²) < 4.78 is 45.4. The molecule has 0 amide bonds. The molecule has 3 rings (SSSR count). The maximum atomic E-state index is 12.5. The van der Waals surface area contributed by atoms with Crippen LogP contribution in [0.2, 0.25) is 0 Å². The molecule has 0 aliphatic rings. The molecule has 2 nitrogen and oxygen atoms in total. The van der Waals surface area contributed by atoms with E-state index in [1.165, 1.54) is 12.1 Å². The zero-order valence-corrected chi connectivity index (χ0v) is 12.6. The number of hydrogen-bond acceptors (Lipinski definition) is 1. The summed E-state index contributed by atoms with van der Waals surface area (Å²) in [6.07, 6.45) is -2.29. The molecule has 0 fully saturated rings. The predicted molar refractivity (Wildman–Crippen MR) is 83.4 cm³/mol. The lowest BCUT2D eigenvalue weighted by atomic mass is 10.1. The van der Waals surface area contributed by atoms with Crippen LogP contribution in [0.25, 0.3) is 10.9 Å². The van der Waals surface area contributed by atoms with Crippen molar-refractivity contribution in [1.82, 2.24) is 4.57 Å². The van der Waals surface area contributed by atoms with Crippen molar-refractivity contribution in [2.45, 2.75) is 26.3 Å². The fourth-order valence-corrected chi connectivity index (χ4v) is 2.50. The number of fused-ring (bicyclic) bond motifs is 1. The van der Waals surface area contributed by atoms with Crippen molar-refractivity contribution in [2.24, 2.45) is 0 Å². The van der Waals surface area contributed by atoms with Crippen LogP contribution in [-0.4, -0.2) is 4.57 Å². The Bertz CT molecular complexity index is 803. The van der Waals surface area contributed by atoms with Crippen LogP contribution in [0.5, 0.6) is 5.75 Å². The van der Waals surface area contributed by atoms with Crippen molar-refractivity contribution in [3.8, 4) is 5.75 Å². The van der Waals surface area contributed by atoms with Gasteiger partial charge in [-0.1, -0.05) is 12.1 Å². The molecule has 0 aliphatic carbocycles. The monoisotopic (exact) mass is 319 g/mol. The number of aryl methyl sites for hydroxylation is 1. The molecule has 120 valence electrons. The van der Waals surface area contributed by atoms with Gasteiger partial charge >= 0.3 is 6.18 Å². The molecule has 5 heteroatoms. The molecule has 2 aromatic carbocycles. The van der Waals surface area contributed by atoms with Crippen LogP contribution in [0.4, 0.5) is 13.2 Å². The van der Waals surface area contributed by atoms with Gasteiger partial charge in [0, 0.05) is 23.6 Å². The number of alkyl halides is 3. The normalized spacial score (nSPS) is 11.8. The zero-order chi connectivity index (χ0) is 16.4. The molecule has 0 spiro atoms. The second kappa shape index (κ2) is 5.99. The van der Waals surface area contributed by atoms with Gasteiger partial charge in [-0.05, 0) is 48.9 Å². The highest BCUT2D eigenvalue weighted by molar-refractivity contribution is 5.81. The Labute approximate surface area is 132 Å². The molecule has 0 atom stereocenters. The molecule has 0 radical (unpaired) electrons. The third-order valence-corrected chi connectivity index (χ3v) is 3.77. The summed E-state index contributed by atoms with van der Waals surface area (Å²) in [4.78, 5) is 0. The fraction of sp³-hybridized carbons (Fsp3) is 0.222.